The van der Waals surface area contributed by atoms with Crippen LogP contribution in [0.15, 0.2) is 54.8 Å². The van der Waals surface area contributed by atoms with Crippen LogP contribution in [0.2, 0.25) is 0 Å². The average molecular weight is 194 g/mol. The zero-order valence-electron chi connectivity index (χ0n) is 7.26. The van der Waals surface area contributed by atoms with Crippen molar-refractivity contribution in [2.75, 3.05) is 11.4 Å². The third-order valence-electron chi connectivity index (χ3n) is 1.90. The van der Waals surface area contributed by atoms with Crippen LogP contribution in [0.4, 0.5) is 5.69 Å². The van der Waals surface area contributed by atoms with Gasteiger partial charge in [0.1, 0.15) is 0 Å². The van der Waals surface area contributed by atoms with Gasteiger partial charge in [0.2, 0.25) is 0 Å². The van der Waals surface area contributed by atoms with Crippen molar-refractivity contribution in [2.45, 2.75) is 0 Å². The highest BCUT2D eigenvalue weighted by atomic mass is 35.5. The molecule has 0 amide bonds. The molecular formula is C11H12ClN. The van der Waals surface area contributed by atoms with Crippen molar-refractivity contribution in [1.29, 1.82) is 0 Å². The maximum absolute atomic E-state index is 2.21. The van der Waals surface area contributed by atoms with Crippen molar-refractivity contribution in [3.05, 3.63) is 54.8 Å². The van der Waals surface area contributed by atoms with Gasteiger partial charge in [-0.3, -0.25) is 0 Å². The molecule has 1 aliphatic heterocycles. The Morgan fingerprint density at radius 3 is 2.38 bits per heavy atom. The number of rotatable bonds is 1. The molecule has 0 N–H and O–H groups in total. The number of benzene rings is 1. The van der Waals surface area contributed by atoms with Gasteiger partial charge in [-0.1, -0.05) is 30.4 Å². The second-order valence-corrected chi connectivity index (χ2v) is 2.76. The van der Waals surface area contributed by atoms with E-state index in [1.807, 2.05) is 6.07 Å². The Morgan fingerprint density at radius 2 is 1.77 bits per heavy atom. The number of halogens is 1. The lowest BCUT2D eigenvalue weighted by atomic mass is 10.2. The summed E-state index contributed by atoms with van der Waals surface area (Å²) in [6, 6.07) is 10.4. The minimum Gasteiger partial charge on any atom is -0.344 e. The number of para-hydroxylation sites is 1. The lowest BCUT2D eigenvalue weighted by Crippen LogP contribution is -2.16. The summed E-state index contributed by atoms with van der Waals surface area (Å²) in [6.07, 6.45) is 8.36. The number of hydrogen-bond acceptors (Lipinski definition) is 1. The molecule has 1 heterocycles. The lowest BCUT2D eigenvalue weighted by Gasteiger charge is -2.20. The highest BCUT2D eigenvalue weighted by molar-refractivity contribution is 5.85. The van der Waals surface area contributed by atoms with Crippen LogP contribution in [-0.4, -0.2) is 6.54 Å². The Labute approximate surface area is 84.8 Å². The van der Waals surface area contributed by atoms with Crippen molar-refractivity contribution in [2.24, 2.45) is 0 Å². The van der Waals surface area contributed by atoms with Crippen LogP contribution in [0.25, 0.3) is 0 Å². The van der Waals surface area contributed by atoms with Gasteiger partial charge in [0, 0.05) is 18.4 Å². The zero-order chi connectivity index (χ0) is 8.23. The molecule has 0 aromatic heterocycles. The van der Waals surface area contributed by atoms with E-state index >= 15 is 0 Å². The first-order valence-electron chi connectivity index (χ1n) is 4.12. The Kier molecular flexibility index (Phi) is 3.59. The van der Waals surface area contributed by atoms with Gasteiger partial charge in [-0.15, -0.1) is 12.4 Å². The molecule has 1 aromatic carbocycles. The SMILES string of the molecule is C1=CCN(c2ccccc2)C=C1.Cl. The third-order valence-corrected chi connectivity index (χ3v) is 1.90. The molecule has 0 aliphatic carbocycles. The van der Waals surface area contributed by atoms with Gasteiger partial charge in [-0.2, -0.15) is 0 Å². The minimum atomic E-state index is 0. The highest BCUT2D eigenvalue weighted by Crippen LogP contribution is 2.14. The van der Waals surface area contributed by atoms with E-state index in [4.69, 9.17) is 0 Å². The molecule has 68 valence electrons. The summed E-state index contributed by atoms with van der Waals surface area (Å²) in [5.74, 6) is 0. The van der Waals surface area contributed by atoms with Crippen molar-refractivity contribution >= 4 is 18.1 Å². The summed E-state index contributed by atoms with van der Waals surface area (Å²) in [6.45, 7) is 0.973. The summed E-state index contributed by atoms with van der Waals surface area (Å²) < 4.78 is 0. The molecule has 2 heteroatoms. The molecule has 1 aliphatic rings. The van der Waals surface area contributed by atoms with E-state index < -0.39 is 0 Å². The standard InChI is InChI=1S/C11H11N.ClH/c1-3-7-11(8-4-1)12-9-5-2-6-10-12;/h1-9H,10H2;1H. The number of allylic oxidation sites excluding steroid dienone is 2. The average Bonchev–Trinajstić information content (AvgIpc) is 2.21. The maximum Gasteiger partial charge on any atom is 0.0409 e. The molecule has 2 rings (SSSR count). The van der Waals surface area contributed by atoms with Crippen LogP contribution in [-0.2, 0) is 0 Å². The molecule has 0 bridgehead atoms. The van der Waals surface area contributed by atoms with Crippen LogP contribution >= 0.6 is 12.4 Å². The summed E-state index contributed by atoms with van der Waals surface area (Å²) >= 11 is 0. The van der Waals surface area contributed by atoms with E-state index in [0.29, 0.717) is 0 Å². The van der Waals surface area contributed by atoms with E-state index in [2.05, 4.69) is 53.6 Å². The predicted molar refractivity (Wildman–Crippen MR) is 59.3 cm³/mol. The molecule has 0 radical (unpaired) electrons. The lowest BCUT2D eigenvalue weighted by molar-refractivity contribution is 1.07. The number of anilines is 1. The third kappa shape index (κ3) is 2.36. The highest BCUT2D eigenvalue weighted by Gasteiger charge is 2.00. The van der Waals surface area contributed by atoms with Crippen LogP contribution in [0.1, 0.15) is 0 Å². The Balaban J connectivity index is 0.000000845. The molecule has 1 aromatic rings. The smallest absolute Gasteiger partial charge is 0.0409 e. The molecule has 0 saturated heterocycles. The van der Waals surface area contributed by atoms with Crippen molar-refractivity contribution < 1.29 is 0 Å². The zero-order valence-corrected chi connectivity index (χ0v) is 8.08. The van der Waals surface area contributed by atoms with Crippen molar-refractivity contribution in [3.63, 3.8) is 0 Å². The Hall–Kier alpha value is -1.21. The van der Waals surface area contributed by atoms with Crippen LogP contribution in [0.3, 0.4) is 0 Å². The summed E-state index contributed by atoms with van der Waals surface area (Å²) in [7, 11) is 0. The monoisotopic (exact) mass is 193 g/mol. The van der Waals surface area contributed by atoms with Gasteiger partial charge in [0.05, 0.1) is 0 Å². The van der Waals surface area contributed by atoms with Gasteiger partial charge in [-0.05, 0) is 18.2 Å². The molecule has 1 nitrogen and oxygen atoms in total. The van der Waals surface area contributed by atoms with E-state index in [-0.39, 0.29) is 12.4 Å². The first-order valence-corrected chi connectivity index (χ1v) is 4.12. The second kappa shape index (κ2) is 4.73. The van der Waals surface area contributed by atoms with Crippen LogP contribution in [0.5, 0.6) is 0 Å². The molecule has 13 heavy (non-hydrogen) atoms. The van der Waals surface area contributed by atoms with Gasteiger partial charge < -0.3 is 4.90 Å². The molecule has 0 fully saturated rings. The maximum atomic E-state index is 2.21. The topological polar surface area (TPSA) is 3.24 Å². The summed E-state index contributed by atoms with van der Waals surface area (Å²) in [5, 5.41) is 0. The van der Waals surface area contributed by atoms with Gasteiger partial charge in [-0.25, -0.2) is 0 Å². The van der Waals surface area contributed by atoms with Crippen molar-refractivity contribution in [1.82, 2.24) is 0 Å². The molecular weight excluding hydrogens is 182 g/mol. The fourth-order valence-electron chi connectivity index (χ4n) is 1.28. The second-order valence-electron chi connectivity index (χ2n) is 2.76. The number of hydrogen-bond donors (Lipinski definition) is 0. The van der Waals surface area contributed by atoms with Gasteiger partial charge >= 0.3 is 0 Å². The van der Waals surface area contributed by atoms with E-state index in [9.17, 15) is 0 Å². The van der Waals surface area contributed by atoms with Crippen molar-refractivity contribution in [3.8, 4) is 0 Å². The fourth-order valence-corrected chi connectivity index (χ4v) is 1.28. The van der Waals surface area contributed by atoms with Gasteiger partial charge in [0.25, 0.3) is 0 Å². The normalized spacial score (nSPS) is 14.0. The van der Waals surface area contributed by atoms with Gasteiger partial charge in [0.15, 0.2) is 0 Å². The quantitative estimate of drug-likeness (QED) is 0.663. The molecule has 0 atom stereocenters. The molecule has 0 spiro atoms. The van der Waals surface area contributed by atoms with E-state index in [1.165, 1.54) is 5.69 Å². The van der Waals surface area contributed by atoms with Crippen LogP contribution < -0.4 is 4.90 Å². The Morgan fingerprint density at radius 1 is 1.00 bits per heavy atom. The largest absolute Gasteiger partial charge is 0.344 e. The first kappa shape index (κ1) is 9.87. The predicted octanol–water partition coefficient (Wildman–Crippen LogP) is 3.00. The van der Waals surface area contributed by atoms with Crippen LogP contribution in [0, 0.1) is 0 Å². The molecule has 0 unspecified atom stereocenters. The minimum absolute atomic E-state index is 0. The first-order chi connectivity index (χ1) is 5.97. The Bertz CT molecular complexity index is 303. The summed E-state index contributed by atoms with van der Waals surface area (Å²) in [5.41, 5.74) is 1.25. The van der Waals surface area contributed by atoms with E-state index in [1.54, 1.807) is 0 Å². The fraction of sp³-hybridized carbons (Fsp3) is 0.0909. The van der Waals surface area contributed by atoms with E-state index in [0.717, 1.165) is 6.54 Å². The summed E-state index contributed by atoms with van der Waals surface area (Å²) in [4.78, 5) is 2.21. The molecule has 0 saturated carbocycles. The number of nitrogens with zero attached hydrogens (tertiary/aromatic N) is 1.